The van der Waals surface area contributed by atoms with Crippen LogP contribution in [0, 0.1) is 17.8 Å². The second kappa shape index (κ2) is 9.95. The molecule has 5 rings (SSSR count). The molecule has 0 bridgehead atoms. The van der Waals surface area contributed by atoms with Gasteiger partial charge in [-0.05, 0) is 24.8 Å². The Kier molecular flexibility index (Phi) is 7.00. The van der Waals surface area contributed by atoms with Gasteiger partial charge in [0.15, 0.2) is 0 Å². The van der Waals surface area contributed by atoms with Crippen LogP contribution in [-0.2, 0) is 25.7 Å². The molecule has 1 spiro atoms. The van der Waals surface area contributed by atoms with Gasteiger partial charge in [-0.25, -0.2) is 0 Å². The predicted octanol–water partition coefficient (Wildman–Crippen LogP) is 3.18. The van der Waals surface area contributed by atoms with Crippen LogP contribution in [0.2, 0.25) is 0 Å². The van der Waals surface area contributed by atoms with Gasteiger partial charge in [-0.1, -0.05) is 74.9 Å². The summed E-state index contributed by atoms with van der Waals surface area (Å²) in [6, 6.07) is 8.47. The molecule has 4 heterocycles. The van der Waals surface area contributed by atoms with E-state index < -0.39 is 33.4 Å². The van der Waals surface area contributed by atoms with Crippen molar-refractivity contribution in [2.24, 2.45) is 17.8 Å². The van der Waals surface area contributed by atoms with Crippen molar-refractivity contribution in [1.82, 2.24) is 9.80 Å². The van der Waals surface area contributed by atoms with E-state index in [0.717, 1.165) is 12.0 Å². The quantitative estimate of drug-likeness (QED) is 0.454. The van der Waals surface area contributed by atoms with Gasteiger partial charge in [-0.15, -0.1) is 11.8 Å². The van der Waals surface area contributed by atoms with E-state index in [2.05, 4.69) is 0 Å². The molecule has 1 aromatic rings. The van der Waals surface area contributed by atoms with Crippen LogP contribution in [0.4, 0.5) is 0 Å². The zero-order chi connectivity index (χ0) is 26.4. The van der Waals surface area contributed by atoms with Crippen molar-refractivity contribution in [3.05, 3.63) is 60.2 Å². The highest BCUT2D eigenvalue weighted by Gasteiger charge is 2.74. The Morgan fingerprint density at radius 3 is 2.57 bits per heavy atom. The van der Waals surface area contributed by atoms with Gasteiger partial charge in [0.05, 0.1) is 35.8 Å². The molecule has 0 aliphatic carbocycles. The first-order valence-electron chi connectivity index (χ1n) is 13.3. The minimum atomic E-state index is -0.937. The largest absolute Gasteiger partial charge is 0.465 e. The Morgan fingerprint density at radius 2 is 1.86 bits per heavy atom. The number of aliphatic hydroxyl groups excluding tert-OH is 1. The van der Waals surface area contributed by atoms with Crippen molar-refractivity contribution in [2.45, 2.75) is 61.7 Å². The first-order chi connectivity index (χ1) is 17.8. The third-order valence-corrected chi connectivity index (χ3v) is 10.4. The van der Waals surface area contributed by atoms with Crippen LogP contribution in [0.15, 0.2) is 54.6 Å². The fourth-order valence-electron chi connectivity index (χ4n) is 6.59. The van der Waals surface area contributed by atoms with Crippen LogP contribution in [0.25, 0.3) is 0 Å². The van der Waals surface area contributed by atoms with Gasteiger partial charge in [0.2, 0.25) is 11.8 Å². The summed E-state index contributed by atoms with van der Waals surface area (Å²) < 4.78 is 3.98. The Hall–Kier alpha value is -2.58. The monoisotopic (exact) mass is 524 g/mol. The lowest BCUT2D eigenvalue weighted by Gasteiger charge is -2.41. The van der Waals surface area contributed by atoms with E-state index in [1.165, 1.54) is 11.8 Å². The number of benzene rings is 1. The number of hydrogen-bond acceptors (Lipinski definition) is 6. The number of rotatable bonds is 6. The first-order valence-corrected chi connectivity index (χ1v) is 14.1. The van der Waals surface area contributed by atoms with E-state index in [1.54, 1.807) is 9.80 Å². The number of amides is 2. The normalized spacial score (nSPS) is 34.7. The number of thioether (sulfide) groups is 1. The molecule has 1 aromatic carbocycles. The maximum Gasteiger partial charge on any atom is 0.311 e. The van der Waals surface area contributed by atoms with Gasteiger partial charge in [-0.3, -0.25) is 14.4 Å². The van der Waals surface area contributed by atoms with Gasteiger partial charge < -0.3 is 19.6 Å². The molecule has 8 heteroatoms. The summed E-state index contributed by atoms with van der Waals surface area (Å²) in [5.41, 5.74) is 1.01. The molecular formula is C29H36N2O5S. The fraction of sp³-hybridized carbons (Fsp3) is 0.552. The molecule has 1 unspecified atom stereocenters. The van der Waals surface area contributed by atoms with Gasteiger partial charge in [0.25, 0.3) is 0 Å². The van der Waals surface area contributed by atoms with Crippen molar-refractivity contribution in [2.75, 3.05) is 19.8 Å². The van der Waals surface area contributed by atoms with Gasteiger partial charge in [0.1, 0.15) is 6.04 Å². The highest BCUT2D eigenvalue weighted by atomic mass is 32.2. The lowest BCUT2D eigenvalue weighted by molar-refractivity contribution is -0.155. The molecule has 0 radical (unpaired) electrons. The number of fused-ring (bicyclic) bond motifs is 2. The summed E-state index contributed by atoms with van der Waals surface area (Å²) in [4.78, 5) is 45.7. The summed E-state index contributed by atoms with van der Waals surface area (Å²) in [6.45, 7) is 6.86. The molecule has 4 aliphatic rings. The number of likely N-dealkylation sites (tertiary alicyclic amines) is 1. The van der Waals surface area contributed by atoms with Crippen molar-refractivity contribution < 1.29 is 24.2 Å². The average Bonchev–Trinajstić information content (AvgIpc) is 3.21. The smallest absolute Gasteiger partial charge is 0.311 e. The number of cyclic esters (lactones) is 1. The molecule has 2 amide bonds. The SMILES string of the molecule is CC[C@H](C)[C@H](CO)N1C(=O)[C@@H]2[C@@H]3C(=O)OCCC=C[C@]3(C)S[C@@]23C=CCN(Cc2ccccc2)C(=O)C13. The molecule has 2 fully saturated rings. The highest BCUT2D eigenvalue weighted by Crippen LogP contribution is 2.65. The first kappa shape index (κ1) is 26.0. The number of carbonyl (C=O) groups is 3. The molecule has 198 valence electrons. The van der Waals surface area contributed by atoms with Crippen LogP contribution in [0.5, 0.6) is 0 Å². The van der Waals surface area contributed by atoms with Crippen molar-refractivity contribution in [3.8, 4) is 0 Å². The molecule has 4 aliphatic heterocycles. The maximum atomic E-state index is 14.4. The van der Waals surface area contributed by atoms with E-state index >= 15 is 0 Å². The van der Waals surface area contributed by atoms with E-state index in [9.17, 15) is 19.5 Å². The van der Waals surface area contributed by atoms with Crippen LogP contribution < -0.4 is 0 Å². The Labute approximate surface area is 222 Å². The summed E-state index contributed by atoms with van der Waals surface area (Å²) in [7, 11) is 0. The third kappa shape index (κ3) is 4.13. The average molecular weight is 525 g/mol. The number of esters is 1. The lowest BCUT2D eigenvalue weighted by atomic mass is 9.74. The zero-order valence-electron chi connectivity index (χ0n) is 21.7. The topological polar surface area (TPSA) is 87.2 Å². The van der Waals surface area contributed by atoms with Crippen molar-refractivity contribution in [1.29, 1.82) is 0 Å². The molecule has 0 saturated carbocycles. The Bertz CT molecular complexity index is 1120. The van der Waals surface area contributed by atoms with Gasteiger partial charge in [-0.2, -0.15) is 0 Å². The van der Waals surface area contributed by atoms with E-state index in [0.29, 0.717) is 19.5 Å². The predicted molar refractivity (Wildman–Crippen MR) is 142 cm³/mol. The highest BCUT2D eigenvalue weighted by molar-refractivity contribution is 8.02. The molecule has 7 nitrogen and oxygen atoms in total. The minimum absolute atomic E-state index is 0.0204. The molecule has 7 atom stereocenters. The minimum Gasteiger partial charge on any atom is -0.465 e. The van der Waals surface area contributed by atoms with E-state index in [-0.39, 0.29) is 36.9 Å². The zero-order valence-corrected chi connectivity index (χ0v) is 22.5. The standard InChI is InChI=1S/C29H36N2O5S/c1-4-19(2)21(18-32)31-24-26(34)30(17-20-11-6-5-7-12-20)15-10-14-29(24)22(25(31)33)23-27(35)36-16-9-8-13-28(23,3)37-29/h5-8,10-14,19,21-24,32H,4,9,15-18H2,1-3H3/t19-,21-,22-,23+,24?,28-,29-/m0/s1. The maximum absolute atomic E-state index is 14.4. The Balaban J connectivity index is 1.64. The summed E-state index contributed by atoms with van der Waals surface area (Å²) in [5, 5.41) is 10.5. The number of nitrogens with zero attached hydrogens (tertiary/aromatic N) is 2. The second-order valence-electron chi connectivity index (χ2n) is 10.8. The molecule has 37 heavy (non-hydrogen) atoms. The molecule has 2 saturated heterocycles. The Morgan fingerprint density at radius 1 is 1.11 bits per heavy atom. The van der Waals surface area contributed by atoms with Crippen molar-refractivity contribution in [3.63, 3.8) is 0 Å². The third-order valence-electron chi connectivity index (χ3n) is 8.60. The number of aliphatic hydroxyl groups is 1. The van der Waals surface area contributed by atoms with Crippen LogP contribution >= 0.6 is 11.8 Å². The van der Waals surface area contributed by atoms with Crippen LogP contribution in [0.3, 0.4) is 0 Å². The number of hydrogen-bond donors (Lipinski definition) is 1. The van der Waals surface area contributed by atoms with E-state index in [1.807, 2.05) is 75.4 Å². The van der Waals surface area contributed by atoms with Gasteiger partial charge in [0, 0.05) is 17.8 Å². The van der Waals surface area contributed by atoms with E-state index in [4.69, 9.17) is 4.74 Å². The number of carbonyl (C=O) groups excluding carboxylic acids is 3. The number of ether oxygens (including phenoxy) is 1. The molecule has 1 N–H and O–H groups in total. The van der Waals surface area contributed by atoms with Crippen LogP contribution in [-0.4, -0.2) is 74.0 Å². The fourth-order valence-corrected chi connectivity index (χ4v) is 8.73. The van der Waals surface area contributed by atoms with Crippen LogP contribution in [0.1, 0.15) is 39.2 Å². The second-order valence-corrected chi connectivity index (χ2v) is 12.6. The summed E-state index contributed by atoms with van der Waals surface area (Å²) in [6.07, 6.45) is 9.41. The summed E-state index contributed by atoms with van der Waals surface area (Å²) >= 11 is 1.54. The van der Waals surface area contributed by atoms with Gasteiger partial charge >= 0.3 is 5.97 Å². The lowest BCUT2D eigenvalue weighted by Crippen LogP contribution is -2.58. The molecular weight excluding hydrogens is 488 g/mol. The van der Waals surface area contributed by atoms with Crippen molar-refractivity contribution >= 4 is 29.5 Å². The summed E-state index contributed by atoms with van der Waals surface area (Å²) in [5.74, 6) is -2.26. The molecule has 0 aromatic heterocycles.